The van der Waals surface area contributed by atoms with Gasteiger partial charge in [0, 0.05) is 12.1 Å². The summed E-state index contributed by atoms with van der Waals surface area (Å²) in [6.45, 7) is 2.13. The Balaban J connectivity index is 1.68. The number of aromatic nitrogens is 1. The standard InChI is InChI=1S/C20H19NO4/c1-2-14-3-5-15(6-4-14)13-16-7-9-17(10-8-16)20(24)25-21-18(22)11-12-19(21)23/h3-12,22-23H,2,13H2,1H3. The van der Waals surface area contributed by atoms with Crippen molar-refractivity contribution in [1.82, 2.24) is 4.73 Å². The Morgan fingerprint density at radius 2 is 1.32 bits per heavy atom. The van der Waals surface area contributed by atoms with Crippen LogP contribution in [-0.2, 0) is 12.8 Å². The molecule has 0 atom stereocenters. The zero-order valence-electron chi connectivity index (χ0n) is 13.8. The lowest BCUT2D eigenvalue weighted by Crippen LogP contribution is -2.19. The van der Waals surface area contributed by atoms with E-state index in [2.05, 4.69) is 31.2 Å². The SMILES string of the molecule is CCc1ccc(Cc2ccc(C(=O)On3c(O)ccc3O)cc2)cc1. The molecule has 0 spiro atoms. The van der Waals surface area contributed by atoms with Crippen LogP contribution in [0.15, 0.2) is 60.7 Å². The molecule has 0 fully saturated rings. The minimum absolute atomic E-state index is 0.331. The van der Waals surface area contributed by atoms with E-state index in [1.807, 2.05) is 12.1 Å². The molecule has 1 heterocycles. The number of carbonyl (C=O) groups is 1. The van der Waals surface area contributed by atoms with Crippen molar-refractivity contribution in [2.75, 3.05) is 0 Å². The molecule has 0 saturated heterocycles. The summed E-state index contributed by atoms with van der Waals surface area (Å²) in [7, 11) is 0. The summed E-state index contributed by atoms with van der Waals surface area (Å²) in [5, 5.41) is 19.0. The number of aryl methyl sites for hydroxylation is 1. The average Bonchev–Trinajstić information content (AvgIpc) is 2.95. The maximum absolute atomic E-state index is 12.1. The highest BCUT2D eigenvalue weighted by Crippen LogP contribution is 2.19. The average molecular weight is 337 g/mol. The highest BCUT2D eigenvalue weighted by Gasteiger charge is 2.14. The van der Waals surface area contributed by atoms with Crippen molar-refractivity contribution in [1.29, 1.82) is 0 Å². The number of carbonyl (C=O) groups excluding carboxylic acids is 1. The largest absolute Gasteiger partial charge is 0.492 e. The number of nitrogens with zero attached hydrogens (tertiary/aromatic N) is 1. The maximum atomic E-state index is 12.1. The van der Waals surface area contributed by atoms with Gasteiger partial charge in [0.05, 0.1) is 5.56 Å². The summed E-state index contributed by atoms with van der Waals surface area (Å²) < 4.78 is 0.672. The van der Waals surface area contributed by atoms with Crippen LogP contribution in [-0.4, -0.2) is 20.9 Å². The van der Waals surface area contributed by atoms with Gasteiger partial charge in [-0.05, 0) is 41.7 Å². The zero-order valence-corrected chi connectivity index (χ0v) is 13.8. The van der Waals surface area contributed by atoms with E-state index in [-0.39, 0.29) is 11.8 Å². The van der Waals surface area contributed by atoms with E-state index in [9.17, 15) is 15.0 Å². The number of hydrogen-bond donors (Lipinski definition) is 2. The third kappa shape index (κ3) is 3.83. The Labute approximate surface area is 145 Å². The summed E-state index contributed by atoms with van der Waals surface area (Å²) in [5.41, 5.74) is 3.91. The molecule has 128 valence electrons. The van der Waals surface area contributed by atoms with Crippen molar-refractivity contribution in [3.8, 4) is 11.8 Å². The van der Waals surface area contributed by atoms with Gasteiger partial charge in [-0.1, -0.05) is 43.3 Å². The van der Waals surface area contributed by atoms with Crippen LogP contribution in [0.25, 0.3) is 0 Å². The van der Waals surface area contributed by atoms with Gasteiger partial charge in [-0.2, -0.15) is 0 Å². The smallest absolute Gasteiger partial charge is 0.363 e. The van der Waals surface area contributed by atoms with Crippen LogP contribution in [0, 0.1) is 0 Å². The van der Waals surface area contributed by atoms with Crippen LogP contribution in [0.1, 0.15) is 34.0 Å². The van der Waals surface area contributed by atoms with Crippen molar-refractivity contribution >= 4 is 5.97 Å². The van der Waals surface area contributed by atoms with Crippen LogP contribution < -0.4 is 4.84 Å². The number of benzene rings is 2. The Morgan fingerprint density at radius 3 is 1.84 bits per heavy atom. The van der Waals surface area contributed by atoms with Gasteiger partial charge in [0.1, 0.15) is 0 Å². The van der Waals surface area contributed by atoms with E-state index in [0.717, 1.165) is 18.4 Å². The first kappa shape index (κ1) is 16.6. The van der Waals surface area contributed by atoms with Gasteiger partial charge in [-0.25, -0.2) is 4.79 Å². The molecule has 0 amide bonds. The fourth-order valence-corrected chi connectivity index (χ4v) is 2.52. The molecule has 0 saturated carbocycles. The predicted octanol–water partition coefficient (Wildman–Crippen LogP) is 3.32. The molecule has 0 radical (unpaired) electrons. The van der Waals surface area contributed by atoms with Crippen LogP contribution in [0.5, 0.6) is 11.8 Å². The summed E-state index contributed by atoms with van der Waals surface area (Å²) in [6, 6.07) is 18.0. The molecule has 1 aromatic heterocycles. The number of hydrogen-bond acceptors (Lipinski definition) is 4. The highest BCUT2D eigenvalue weighted by molar-refractivity contribution is 5.89. The molecule has 2 N–H and O–H groups in total. The van der Waals surface area contributed by atoms with E-state index in [4.69, 9.17) is 4.84 Å². The van der Waals surface area contributed by atoms with Crippen molar-refractivity contribution in [3.05, 3.63) is 82.9 Å². The Morgan fingerprint density at radius 1 is 0.840 bits per heavy atom. The van der Waals surface area contributed by atoms with Crippen LogP contribution in [0.3, 0.4) is 0 Å². The van der Waals surface area contributed by atoms with Gasteiger partial charge >= 0.3 is 5.97 Å². The minimum Gasteiger partial charge on any atom is -0.492 e. The number of aromatic hydroxyl groups is 2. The van der Waals surface area contributed by atoms with Crippen molar-refractivity contribution in [3.63, 3.8) is 0 Å². The van der Waals surface area contributed by atoms with Crippen LogP contribution >= 0.6 is 0 Å². The zero-order chi connectivity index (χ0) is 17.8. The molecular formula is C20H19NO4. The maximum Gasteiger partial charge on any atom is 0.363 e. The lowest BCUT2D eigenvalue weighted by Gasteiger charge is -2.08. The topological polar surface area (TPSA) is 71.7 Å². The molecule has 0 unspecified atom stereocenters. The lowest BCUT2D eigenvalue weighted by atomic mass is 10.0. The number of rotatable bonds is 5. The van der Waals surface area contributed by atoms with Crippen LogP contribution in [0.4, 0.5) is 0 Å². The third-order valence-electron chi connectivity index (χ3n) is 4.00. The molecule has 0 aliphatic carbocycles. The van der Waals surface area contributed by atoms with E-state index >= 15 is 0 Å². The van der Waals surface area contributed by atoms with Crippen molar-refractivity contribution in [2.45, 2.75) is 19.8 Å². The first-order valence-electron chi connectivity index (χ1n) is 8.06. The van der Waals surface area contributed by atoms with Gasteiger partial charge in [0.15, 0.2) is 0 Å². The monoisotopic (exact) mass is 337 g/mol. The molecular weight excluding hydrogens is 318 g/mol. The highest BCUT2D eigenvalue weighted by atomic mass is 16.7. The van der Waals surface area contributed by atoms with Gasteiger partial charge in [-0.15, -0.1) is 4.73 Å². The van der Waals surface area contributed by atoms with Crippen molar-refractivity contribution < 1.29 is 19.8 Å². The van der Waals surface area contributed by atoms with Gasteiger partial charge in [-0.3, -0.25) is 0 Å². The molecule has 0 aliphatic rings. The molecule has 3 rings (SSSR count). The Kier molecular flexibility index (Phi) is 4.75. The Bertz CT molecular complexity index is 844. The second-order valence-electron chi connectivity index (χ2n) is 5.77. The summed E-state index contributed by atoms with van der Waals surface area (Å²) in [4.78, 5) is 17.1. The fourth-order valence-electron chi connectivity index (χ4n) is 2.52. The summed E-state index contributed by atoms with van der Waals surface area (Å²) >= 11 is 0. The summed E-state index contributed by atoms with van der Waals surface area (Å²) in [5.74, 6) is -1.36. The van der Waals surface area contributed by atoms with Gasteiger partial charge in [0.2, 0.25) is 11.8 Å². The fraction of sp³-hybridized carbons (Fsp3) is 0.150. The first-order chi connectivity index (χ1) is 12.1. The molecule has 0 bridgehead atoms. The predicted molar refractivity (Wildman–Crippen MR) is 93.7 cm³/mol. The molecule has 0 aliphatic heterocycles. The molecule has 3 aromatic rings. The normalized spacial score (nSPS) is 10.6. The second-order valence-corrected chi connectivity index (χ2v) is 5.77. The minimum atomic E-state index is -0.666. The van der Waals surface area contributed by atoms with E-state index < -0.39 is 5.97 Å². The molecule has 25 heavy (non-hydrogen) atoms. The third-order valence-corrected chi connectivity index (χ3v) is 4.00. The van der Waals surface area contributed by atoms with Gasteiger partial charge < -0.3 is 15.1 Å². The second kappa shape index (κ2) is 7.13. The Hall–Kier alpha value is -3.21. The summed E-state index contributed by atoms with van der Waals surface area (Å²) in [6.07, 6.45) is 1.79. The van der Waals surface area contributed by atoms with Crippen LogP contribution in [0.2, 0.25) is 0 Å². The molecule has 5 heteroatoms. The van der Waals surface area contributed by atoms with E-state index in [0.29, 0.717) is 10.3 Å². The quantitative estimate of drug-likeness (QED) is 0.749. The molecule has 5 nitrogen and oxygen atoms in total. The first-order valence-corrected chi connectivity index (χ1v) is 8.06. The molecule has 2 aromatic carbocycles. The van der Waals surface area contributed by atoms with E-state index in [1.165, 1.54) is 23.3 Å². The van der Waals surface area contributed by atoms with E-state index in [1.54, 1.807) is 12.1 Å². The van der Waals surface area contributed by atoms with Gasteiger partial charge in [0.25, 0.3) is 0 Å². The lowest BCUT2D eigenvalue weighted by molar-refractivity contribution is 0.0381. The van der Waals surface area contributed by atoms with Crippen molar-refractivity contribution in [2.24, 2.45) is 0 Å².